The van der Waals surface area contributed by atoms with E-state index in [0.717, 1.165) is 0 Å². The number of aliphatic carboxylic acids is 1. The summed E-state index contributed by atoms with van der Waals surface area (Å²) in [5.41, 5.74) is -0.714. The fourth-order valence-corrected chi connectivity index (χ4v) is 1.74. The van der Waals surface area contributed by atoms with Crippen molar-refractivity contribution >= 4 is 12.0 Å². The van der Waals surface area contributed by atoms with Crippen molar-refractivity contribution in [1.29, 1.82) is 0 Å². The van der Waals surface area contributed by atoms with Crippen LogP contribution in [0.3, 0.4) is 0 Å². The van der Waals surface area contributed by atoms with Gasteiger partial charge in [0, 0.05) is 13.1 Å². The summed E-state index contributed by atoms with van der Waals surface area (Å²) in [6.07, 6.45) is 6.12. The first-order valence-corrected chi connectivity index (χ1v) is 5.64. The first kappa shape index (κ1) is 13.4. The Balaban J connectivity index is 2.50. The van der Waals surface area contributed by atoms with Crippen LogP contribution in [-0.2, 0) is 4.79 Å². The van der Waals surface area contributed by atoms with Gasteiger partial charge in [0.05, 0.1) is 11.5 Å². The molecular weight excluding hydrogens is 220 g/mol. The molecule has 5 heteroatoms. The molecule has 0 radical (unpaired) electrons. The molecule has 0 aromatic rings. The maximum Gasteiger partial charge on any atom is 0.318 e. The lowest BCUT2D eigenvalue weighted by Gasteiger charge is -2.36. The van der Waals surface area contributed by atoms with Gasteiger partial charge in [-0.3, -0.25) is 4.79 Å². The molecule has 1 fully saturated rings. The van der Waals surface area contributed by atoms with Gasteiger partial charge in [0.1, 0.15) is 0 Å². The fourth-order valence-electron chi connectivity index (χ4n) is 1.74. The molecule has 2 amide bonds. The summed E-state index contributed by atoms with van der Waals surface area (Å²) >= 11 is 0. The minimum Gasteiger partial charge on any atom is -0.481 e. The lowest BCUT2D eigenvalue weighted by Crippen LogP contribution is -2.50. The van der Waals surface area contributed by atoms with Gasteiger partial charge in [-0.15, -0.1) is 6.42 Å². The van der Waals surface area contributed by atoms with Crippen molar-refractivity contribution in [2.75, 3.05) is 13.1 Å². The monoisotopic (exact) mass is 238 g/mol. The number of terminal acetylenes is 1. The van der Waals surface area contributed by atoms with E-state index in [-0.39, 0.29) is 12.1 Å². The average molecular weight is 238 g/mol. The highest BCUT2D eigenvalue weighted by atomic mass is 16.4. The molecule has 1 aliphatic heterocycles. The second-order valence-electron chi connectivity index (χ2n) is 4.69. The summed E-state index contributed by atoms with van der Waals surface area (Å²) in [6.45, 7) is 4.34. The molecule has 0 spiro atoms. The predicted molar refractivity (Wildman–Crippen MR) is 63.4 cm³/mol. The van der Waals surface area contributed by atoms with E-state index in [2.05, 4.69) is 11.2 Å². The largest absolute Gasteiger partial charge is 0.481 e. The van der Waals surface area contributed by atoms with Crippen molar-refractivity contribution in [2.24, 2.45) is 5.41 Å². The molecule has 1 aliphatic rings. The first-order chi connectivity index (χ1) is 7.89. The zero-order valence-electron chi connectivity index (χ0n) is 10.2. The van der Waals surface area contributed by atoms with Crippen molar-refractivity contribution in [3.05, 3.63) is 0 Å². The fraction of sp³-hybridized carbons (Fsp3) is 0.667. The molecule has 94 valence electrons. The predicted octanol–water partition coefficient (Wildman–Crippen LogP) is 0.904. The third-order valence-electron chi connectivity index (χ3n) is 3.26. The Hall–Kier alpha value is -1.70. The van der Waals surface area contributed by atoms with E-state index >= 15 is 0 Å². The van der Waals surface area contributed by atoms with E-state index in [0.29, 0.717) is 25.9 Å². The number of piperidine rings is 1. The van der Waals surface area contributed by atoms with Gasteiger partial charge in [-0.1, -0.05) is 5.92 Å². The Morgan fingerprint density at radius 3 is 2.41 bits per heavy atom. The number of carboxylic acids is 1. The molecule has 1 atom stereocenters. The Morgan fingerprint density at radius 1 is 1.47 bits per heavy atom. The number of rotatable bonds is 2. The van der Waals surface area contributed by atoms with Crippen LogP contribution in [-0.4, -0.2) is 41.1 Å². The lowest BCUT2D eigenvalue weighted by molar-refractivity contribution is -0.150. The van der Waals surface area contributed by atoms with Gasteiger partial charge in [0.15, 0.2) is 0 Å². The third-order valence-corrected chi connectivity index (χ3v) is 3.26. The molecule has 1 saturated heterocycles. The van der Waals surface area contributed by atoms with Crippen LogP contribution in [0.1, 0.15) is 26.7 Å². The normalized spacial score (nSPS) is 20.2. The van der Waals surface area contributed by atoms with E-state index in [1.165, 1.54) is 0 Å². The number of carbonyl (C=O) groups is 2. The van der Waals surface area contributed by atoms with Crippen LogP contribution in [0.25, 0.3) is 0 Å². The maximum atomic E-state index is 11.7. The smallest absolute Gasteiger partial charge is 0.318 e. The molecule has 2 N–H and O–H groups in total. The quantitative estimate of drug-likeness (QED) is 0.702. The number of amides is 2. The average Bonchev–Trinajstić information content (AvgIpc) is 2.29. The van der Waals surface area contributed by atoms with Crippen LogP contribution < -0.4 is 5.32 Å². The molecular formula is C12H18N2O3. The number of nitrogens with zero attached hydrogens (tertiary/aromatic N) is 1. The molecule has 0 bridgehead atoms. The summed E-state index contributed by atoms with van der Waals surface area (Å²) in [6, 6.07) is -0.529. The Bertz CT molecular complexity index is 351. The molecule has 0 aromatic heterocycles. The molecule has 1 heterocycles. The number of likely N-dealkylation sites (tertiary alicyclic amines) is 1. The highest BCUT2D eigenvalue weighted by molar-refractivity contribution is 5.77. The lowest BCUT2D eigenvalue weighted by atomic mass is 9.80. The summed E-state index contributed by atoms with van der Waals surface area (Å²) in [5, 5.41) is 11.7. The van der Waals surface area contributed by atoms with Crippen LogP contribution in [0.2, 0.25) is 0 Å². The van der Waals surface area contributed by atoms with Crippen LogP contribution in [0.4, 0.5) is 4.79 Å². The van der Waals surface area contributed by atoms with Gasteiger partial charge in [-0.2, -0.15) is 0 Å². The van der Waals surface area contributed by atoms with E-state index in [1.807, 2.05) is 0 Å². The minimum atomic E-state index is -0.797. The van der Waals surface area contributed by atoms with Crippen LogP contribution in [0.5, 0.6) is 0 Å². The number of hydrogen-bond acceptors (Lipinski definition) is 2. The SMILES string of the molecule is C#CC(C)NC(=O)N1CCC(C)(C(=O)O)CC1. The molecule has 17 heavy (non-hydrogen) atoms. The second kappa shape index (κ2) is 5.09. The second-order valence-corrected chi connectivity index (χ2v) is 4.69. The zero-order valence-corrected chi connectivity index (χ0v) is 10.2. The van der Waals surface area contributed by atoms with Gasteiger partial charge in [0.25, 0.3) is 0 Å². The molecule has 0 aromatic carbocycles. The van der Waals surface area contributed by atoms with Gasteiger partial charge in [0.2, 0.25) is 0 Å². The van der Waals surface area contributed by atoms with E-state index < -0.39 is 11.4 Å². The third kappa shape index (κ3) is 3.13. The summed E-state index contributed by atoms with van der Waals surface area (Å²) in [7, 11) is 0. The maximum absolute atomic E-state index is 11.7. The van der Waals surface area contributed by atoms with Gasteiger partial charge >= 0.3 is 12.0 Å². The van der Waals surface area contributed by atoms with Crippen molar-refractivity contribution < 1.29 is 14.7 Å². The Morgan fingerprint density at radius 2 is 2.00 bits per heavy atom. The number of nitrogens with one attached hydrogen (secondary N) is 1. The van der Waals surface area contributed by atoms with Crippen LogP contribution in [0.15, 0.2) is 0 Å². The summed E-state index contributed by atoms with van der Waals surface area (Å²) in [5.74, 6) is 1.62. The first-order valence-electron chi connectivity index (χ1n) is 5.64. The molecule has 0 saturated carbocycles. The number of carboxylic acid groups (broad SMARTS) is 1. The van der Waals surface area contributed by atoms with Crippen LogP contribution in [0, 0.1) is 17.8 Å². The van der Waals surface area contributed by atoms with Crippen molar-refractivity contribution in [2.45, 2.75) is 32.7 Å². The number of urea groups is 1. The minimum absolute atomic E-state index is 0.220. The zero-order chi connectivity index (χ0) is 13.1. The van der Waals surface area contributed by atoms with Crippen molar-refractivity contribution in [3.8, 4) is 12.3 Å². The van der Waals surface area contributed by atoms with Gasteiger partial charge in [-0.05, 0) is 26.7 Å². The Labute approximate surface area is 101 Å². The van der Waals surface area contributed by atoms with Crippen LogP contribution >= 0.6 is 0 Å². The molecule has 5 nitrogen and oxygen atoms in total. The number of hydrogen-bond donors (Lipinski definition) is 2. The van der Waals surface area contributed by atoms with E-state index in [9.17, 15) is 9.59 Å². The van der Waals surface area contributed by atoms with Crippen molar-refractivity contribution in [1.82, 2.24) is 10.2 Å². The van der Waals surface area contributed by atoms with Crippen molar-refractivity contribution in [3.63, 3.8) is 0 Å². The van der Waals surface area contributed by atoms with Gasteiger partial charge in [-0.25, -0.2) is 4.79 Å². The topological polar surface area (TPSA) is 69.6 Å². The van der Waals surface area contributed by atoms with E-state index in [4.69, 9.17) is 11.5 Å². The summed E-state index contributed by atoms with van der Waals surface area (Å²) < 4.78 is 0. The molecule has 1 rings (SSSR count). The highest BCUT2D eigenvalue weighted by Gasteiger charge is 2.38. The molecule has 0 aliphatic carbocycles. The standard InChI is InChI=1S/C12H18N2O3/c1-4-9(2)13-11(17)14-7-5-12(3,6-8-14)10(15)16/h1,9H,5-8H2,2-3H3,(H,13,17)(H,15,16). The molecule has 1 unspecified atom stereocenters. The van der Waals surface area contributed by atoms with E-state index in [1.54, 1.807) is 18.7 Å². The highest BCUT2D eigenvalue weighted by Crippen LogP contribution is 2.30. The summed E-state index contributed by atoms with van der Waals surface area (Å²) in [4.78, 5) is 24.4. The van der Waals surface area contributed by atoms with Gasteiger partial charge < -0.3 is 15.3 Å². The Kier molecular flexibility index (Phi) is 4.00. The number of carbonyl (C=O) groups excluding carboxylic acids is 1.